The van der Waals surface area contributed by atoms with Crippen molar-refractivity contribution in [1.29, 1.82) is 0 Å². The van der Waals surface area contributed by atoms with E-state index < -0.39 is 0 Å². The highest BCUT2D eigenvalue weighted by Gasteiger charge is 2.07. The first kappa shape index (κ1) is 10.9. The first-order valence-corrected chi connectivity index (χ1v) is 4.86. The minimum atomic E-state index is -0.168. The van der Waals surface area contributed by atoms with E-state index >= 15 is 0 Å². The molecule has 0 aliphatic rings. The van der Waals surface area contributed by atoms with Crippen molar-refractivity contribution in [1.82, 2.24) is 15.5 Å². The van der Waals surface area contributed by atoms with Crippen LogP contribution in [0.25, 0.3) is 0 Å². The molecular weight excluding hydrogens is 202 g/mol. The number of alkyl halides is 1. The van der Waals surface area contributed by atoms with E-state index in [2.05, 4.69) is 15.5 Å². The van der Waals surface area contributed by atoms with Crippen LogP contribution >= 0.6 is 11.6 Å². The SMILES string of the molecule is CCC(Cl)CNC(=O)c1ccnnc1. The summed E-state index contributed by atoms with van der Waals surface area (Å²) in [6.45, 7) is 2.44. The summed E-state index contributed by atoms with van der Waals surface area (Å²) in [5.41, 5.74) is 0.500. The number of amides is 1. The Kier molecular flexibility index (Phi) is 4.32. The molecule has 1 unspecified atom stereocenters. The van der Waals surface area contributed by atoms with Gasteiger partial charge in [0.2, 0.25) is 0 Å². The van der Waals surface area contributed by atoms with Crippen LogP contribution in [-0.2, 0) is 0 Å². The second-order valence-electron chi connectivity index (χ2n) is 2.85. The van der Waals surface area contributed by atoms with Crippen LogP contribution < -0.4 is 5.32 Å². The van der Waals surface area contributed by atoms with Crippen LogP contribution in [0.5, 0.6) is 0 Å². The van der Waals surface area contributed by atoms with Gasteiger partial charge in [-0.1, -0.05) is 6.92 Å². The quantitative estimate of drug-likeness (QED) is 0.766. The van der Waals surface area contributed by atoms with Gasteiger partial charge < -0.3 is 5.32 Å². The van der Waals surface area contributed by atoms with E-state index in [1.165, 1.54) is 12.4 Å². The Balaban J connectivity index is 2.44. The number of nitrogens with one attached hydrogen (secondary N) is 1. The Morgan fingerprint density at radius 3 is 3.00 bits per heavy atom. The van der Waals surface area contributed by atoms with E-state index in [-0.39, 0.29) is 11.3 Å². The van der Waals surface area contributed by atoms with Crippen molar-refractivity contribution in [2.24, 2.45) is 0 Å². The van der Waals surface area contributed by atoms with E-state index in [1.54, 1.807) is 6.07 Å². The highest BCUT2D eigenvalue weighted by atomic mass is 35.5. The lowest BCUT2D eigenvalue weighted by Gasteiger charge is -2.07. The van der Waals surface area contributed by atoms with Crippen molar-refractivity contribution in [2.45, 2.75) is 18.7 Å². The largest absolute Gasteiger partial charge is 0.351 e. The average molecular weight is 214 g/mol. The smallest absolute Gasteiger partial charge is 0.253 e. The van der Waals surface area contributed by atoms with E-state index in [9.17, 15) is 4.79 Å². The van der Waals surface area contributed by atoms with Crippen LogP contribution in [0, 0.1) is 0 Å². The summed E-state index contributed by atoms with van der Waals surface area (Å²) in [6, 6.07) is 1.61. The zero-order valence-corrected chi connectivity index (χ0v) is 8.66. The van der Waals surface area contributed by atoms with Crippen molar-refractivity contribution >= 4 is 17.5 Å². The van der Waals surface area contributed by atoms with Gasteiger partial charge in [-0.15, -0.1) is 11.6 Å². The van der Waals surface area contributed by atoms with Crippen LogP contribution in [0.3, 0.4) is 0 Å². The second-order valence-corrected chi connectivity index (χ2v) is 3.46. The van der Waals surface area contributed by atoms with Gasteiger partial charge in [0, 0.05) is 6.54 Å². The van der Waals surface area contributed by atoms with Gasteiger partial charge in [0.05, 0.1) is 23.3 Å². The first-order valence-electron chi connectivity index (χ1n) is 4.43. The number of rotatable bonds is 4. The maximum absolute atomic E-state index is 11.4. The minimum absolute atomic E-state index is 0.0197. The second kappa shape index (κ2) is 5.54. The molecule has 1 N–H and O–H groups in total. The van der Waals surface area contributed by atoms with Crippen LogP contribution in [0.15, 0.2) is 18.5 Å². The number of aromatic nitrogens is 2. The average Bonchev–Trinajstić information content (AvgIpc) is 2.26. The Bertz CT molecular complexity index is 291. The summed E-state index contributed by atoms with van der Waals surface area (Å²) in [5, 5.41) is 9.88. The van der Waals surface area contributed by atoms with Crippen LogP contribution in [-0.4, -0.2) is 28.0 Å². The monoisotopic (exact) mass is 213 g/mol. The molecule has 0 saturated carbocycles. The third-order valence-electron chi connectivity index (χ3n) is 1.77. The molecule has 76 valence electrons. The Labute approximate surface area is 87.7 Å². The molecule has 0 fully saturated rings. The van der Waals surface area contributed by atoms with Crippen LogP contribution in [0.4, 0.5) is 0 Å². The maximum atomic E-state index is 11.4. The van der Waals surface area contributed by atoms with Crippen molar-refractivity contribution in [3.05, 3.63) is 24.0 Å². The molecule has 1 rings (SSSR count). The summed E-state index contributed by atoms with van der Waals surface area (Å²) in [7, 11) is 0. The Morgan fingerprint density at radius 1 is 1.64 bits per heavy atom. The Morgan fingerprint density at radius 2 is 2.43 bits per heavy atom. The van der Waals surface area contributed by atoms with E-state index in [0.29, 0.717) is 12.1 Å². The number of carbonyl (C=O) groups is 1. The van der Waals surface area contributed by atoms with Crippen molar-refractivity contribution in [3.63, 3.8) is 0 Å². The van der Waals surface area contributed by atoms with Crippen molar-refractivity contribution in [2.75, 3.05) is 6.54 Å². The number of hydrogen-bond acceptors (Lipinski definition) is 3. The van der Waals surface area contributed by atoms with Gasteiger partial charge in [0.1, 0.15) is 0 Å². The molecule has 0 aromatic carbocycles. The third-order valence-corrected chi connectivity index (χ3v) is 2.24. The van der Waals surface area contributed by atoms with Crippen molar-refractivity contribution < 1.29 is 4.79 Å². The van der Waals surface area contributed by atoms with Gasteiger partial charge in [-0.2, -0.15) is 10.2 Å². The molecular formula is C9H12ClN3O. The van der Waals surface area contributed by atoms with E-state index in [4.69, 9.17) is 11.6 Å². The van der Waals surface area contributed by atoms with Crippen LogP contribution in [0.1, 0.15) is 23.7 Å². The minimum Gasteiger partial charge on any atom is -0.351 e. The number of nitrogens with zero attached hydrogens (tertiary/aromatic N) is 2. The molecule has 14 heavy (non-hydrogen) atoms. The van der Waals surface area contributed by atoms with Gasteiger partial charge in [-0.05, 0) is 12.5 Å². The van der Waals surface area contributed by atoms with Gasteiger partial charge >= 0.3 is 0 Å². The zero-order chi connectivity index (χ0) is 10.4. The molecule has 0 spiro atoms. The normalized spacial score (nSPS) is 12.1. The summed E-state index contributed by atoms with van der Waals surface area (Å²) >= 11 is 5.85. The van der Waals surface area contributed by atoms with Crippen LogP contribution in [0.2, 0.25) is 0 Å². The predicted molar refractivity (Wildman–Crippen MR) is 54.3 cm³/mol. The molecule has 5 heteroatoms. The predicted octanol–water partition coefficient (Wildman–Crippen LogP) is 1.22. The highest BCUT2D eigenvalue weighted by Crippen LogP contribution is 1.99. The van der Waals surface area contributed by atoms with Gasteiger partial charge in [-0.3, -0.25) is 4.79 Å². The fourth-order valence-electron chi connectivity index (χ4n) is 0.875. The molecule has 1 aromatic heterocycles. The topological polar surface area (TPSA) is 54.9 Å². The zero-order valence-electron chi connectivity index (χ0n) is 7.90. The van der Waals surface area contributed by atoms with E-state index in [0.717, 1.165) is 6.42 Å². The fourth-order valence-corrected chi connectivity index (χ4v) is 0.952. The molecule has 0 aliphatic carbocycles. The van der Waals surface area contributed by atoms with Gasteiger partial charge in [0.25, 0.3) is 5.91 Å². The summed E-state index contributed by atoms with van der Waals surface area (Å²) in [5.74, 6) is -0.168. The molecule has 0 aliphatic heterocycles. The molecule has 4 nitrogen and oxygen atoms in total. The number of halogens is 1. The summed E-state index contributed by atoms with van der Waals surface area (Å²) in [6.07, 6.45) is 3.73. The standard InChI is InChI=1S/C9H12ClN3O/c1-2-8(10)6-11-9(14)7-3-4-12-13-5-7/h3-5,8H,2,6H2,1H3,(H,11,14). The molecule has 0 radical (unpaired) electrons. The van der Waals surface area contributed by atoms with Gasteiger partial charge in [-0.25, -0.2) is 0 Å². The maximum Gasteiger partial charge on any atom is 0.253 e. The lowest BCUT2D eigenvalue weighted by molar-refractivity contribution is 0.0953. The number of hydrogen-bond donors (Lipinski definition) is 1. The lowest BCUT2D eigenvalue weighted by Crippen LogP contribution is -2.29. The molecule has 1 heterocycles. The lowest BCUT2D eigenvalue weighted by atomic mass is 10.3. The summed E-state index contributed by atoms with van der Waals surface area (Å²) < 4.78 is 0. The first-order chi connectivity index (χ1) is 6.74. The fraction of sp³-hybridized carbons (Fsp3) is 0.444. The van der Waals surface area contributed by atoms with Crippen molar-refractivity contribution in [3.8, 4) is 0 Å². The molecule has 1 aromatic rings. The molecule has 1 atom stereocenters. The third kappa shape index (κ3) is 3.30. The summed E-state index contributed by atoms with van der Waals surface area (Å²) in [4.78, 5) is 11.4. The molecule has 0 saturated heterocycles. The van der Waals surface area contributed by atoms with Gasteiger partial charge in [0.15, 0.2) is 0 Å². The highest BCUT2D eigenvalue weighted by molar-refractivity contribution is 6.20. The van der Waals surface area contributed by atoms with E-state index in [1.807, 2.05) is 6.92 Å². The molecule has 0 bridgehead atoms. The Hall–Kier alpha value is -1.16. The number of carbonyl (C=O) groups excluding carboxylic acids is 1. The molecule has 1 amide bonds.